The Bertz CT molecular complexity index is 1450. The monoisotopic (exact) mass is 484 g/mol. The number of hydrogen-bond donors (Lipinski definition) is 0. The molecule has 1 unspecified atom stereocenters. The number of anilines is 1. The third-order valence-corrected chi connectivity index (χ3v) is 6.52. The van der Waals surface area contributed by atoms with E-state index >= 15 is 0 Å². The lowest BCUT2D eigenvalue weighted by Gasteiger charge is -2.25. The standard InChI is InChI=1S/C27H24N4O3S/c1-19(25(32)30(18-10-17-28)20-11-4-3-5-12-20)35-27-29-22-14-7-6-13-21(22)26(33)31(27)23-15-8-9-16-24(23)34-2/h3-9,11-16,19H,10,18H2,1-2H3. The third kappa shape index (κ3) is 5.05. The topological polar surface area (TPSA) is 88.2 Å². The van der Waals surface area contributed by atoms with Gasteiger partial charge in [0.05, 0.1) is 41.4 Å². The van der Waals surface area contributed by atoms with Gasteiger partial charge in [-0.15, -0.1) is 0 Å². The zero-order valence-corrected chi connectivity index (χ0v) is 20.2. The number of methoxy groups -OCH3 is 1. The molecule has 0 radical (unpaired) electrons. The first-order valence-electron chi connectivity index (χ1n) is 11.1. The zero-order valence-electron chi connectivity index (χ0n) is 19.4. The first kappa shape index (κ1) is 24.0. The Morgan fingerprint density at radius 3 is 2.51 bits per heavy atom. The van der Waals surface area contributed by atoms with Crippen molar-refractivity contribution in [1.29, 1.82) is 5.26 Å². The third-order valence-electron chi connectivity index (χ3n) is 5.48. The Kier molecular flexibility index (Phi) is 7.48. The normalized spacial score (nSPS) is 11.6. The van der Waals surface area contributed by atoms with Crippen LogP contribution in [0.3, 0.4) is 0 Å². The number of nitriles is 1. The van der Waals surface area contributed by atoms with Gasteiger partial charge in [0.1, 0.15) is 5.75 Å². The molecule has 0 aliphatic carbocycles. The molecule has 4 rings (SSSR count). The van der Waals surface area contributed by atoms with Gasteiger partial charge in [0, 0.05) is 12.2 Å². The molecule has 1 amide bonds. The zero-order chi connectivity index (χ0) is 24.8. The molecule has 35 heavy (non-hydrogen) atoms. The number of carbonyl (C=O) groups excluding carboxylic acids is 1. The number of carbonyl (C=O) groups is 1. The number of nitrogens with zero attached hydrogens (tertiary/aromatic N) is 4. The molecule has 0 aliphatic heterocycles. The van der Waals surface area contributed by atoms with Gasteiger partial charge in [0.15, 0.2) is 5.16 Å². The Labute approximate surface area is 207 Å². The Hall–Kier alpha value is -4.09. The predicted molar refractivity (Wildman–Crippen MR) is 138 cm³/mol. The van der Waals surface area contributed by atoms with Crippen LogP contribution >= 0.6 is 11.8 Å². The molecule has 0 fully saturated rings. The van der Waals surface area contributed by atoms with Crippen LogP contribution in [0.4, 0.5) is 5.69 Å². The second kappa shape index (κ2) is 10.9. The van der Waals surface area contributed by atoms with Gasteiger partial charge in [0.2, 0.25) is 5.91 Å². The summed E-state index contributed by atoms with van der Waals surface area (Å²) >= 11 is 1.20. The molecular weight excluding hydrogens is 460 g/mol. The fraction of sp³-hybridized carbons (Fsp3) is 0.185. The molecule has 7 nitrogen and oxygen atoms in total. The number of benzene rings is 3. The van der Waals surface area contributed by atoms with E-state index in [2.05, 4.69) is 6.07 Å². The van der Waals surface area contributed by atoms with Crippen molar-refractivity contribution in [3.8, 4) is 17.5 Å². The lowest BCUT2D eigenvalue weighted by Crippen LogP contribution is -2.37. The molecule has 0 spiro atoms. The summed E-state index contributed by atoms with van der Waals surface area (Å²) in [5.74, 6) is 0.345. The fourth-order valence-corrected chi connectivity index (χ4v) is 4.76. The lowest BCUT2D eigenvalue weighted by molar-refractivity contribution is -0.117. The molecule has 0 aliphatic rings. The summed E-state index contributed by atoms with van der Waals surface area (Å²) in [5, 5.41) is 9.38. The number of hydrogen-bond acceptors (Lipinski definition) is 6. The van der Waals surface area contributed by atoms with Gasteiger partial charge in [0.25, 0.3) is 5.56 Å². The van der Waals surface area contributed by atoms with Crippen molar-refractivity contribution < 1.29 is 9.53 Å². The SMILES string of the molecule is COc1ccccc1-n1c(SC(C)C(=O)N(CCC#N)c2ccccc2)nc2ccccc2c1=O. The molecule has 1 heterocycles. The maximum Gasteiger partial charge on any atom is 0.266 e. The Morgan fingerprint density at radius 1 is 1.09 bits per heavy atom. The second-order valence-corrected chi connectivity index (χ2v) is 9.03. The summed E-state index contributed by atoms with van der Waals surface area (Å²) in [6.07, 6.45) is 0.207. The Morgan fingerprint density at radius 2 is 1.77 bits per heavy atom. The van der Waals surface area contributed by atoms with Gasteiger partial charge < -0.3 is 9.64 Å². The van der Waals surface area contributed by atoms with E-state index in [4.69, 9.17) is 15.0 Å². The van der Waals surface area contributed by atoms with Crippen LogP contribution in [-0.4, -0.2) is 34.4 Å². The number of fused-ring (bicyclic) bond motifs is 1. The van der Waals surface area contributed by atoms with Crippen molar-refractivity contribution >= 4 is 34.3 Å². The molecule has 0 N–H and O–H groups in total. The van der Waals surface area contributed by atoms with E-state index in [9.17, 15) is 9.59 Å². The number of ether oxygens (including phenoxy) is 1. The van der Waals surface area contributed by atoms with Crippen molar-refractivity contribution in [1.82, 2.24) is 9.55 Å². The highest BCUT2D eigenvalue weighted by molar-refractivity contribution is 8.00. The molecule has 0 saturated heterocycles. The molecule has 4 aromatic rings. The van der Waals surface area contributed by atoms with Gasteiger partial charge in [-0.05, 0) is 43.3 Å². The summed E-state index contributed by atoms with van der Waals surface area (Å²) in [5.41, 5.74) is 1.57. The van der Waals surface area contributed by atoms with Crippen LogP contribution in [0.5, 0.6) is 5.75 Å². The van der Waals surface area contributed by atoms with Crippen molar-refractivity contribution in [2.24, 2.45) is 0 Å². The molecule has 0 bridgehead atoms. The van der Waals surface area contributed by atoms with Crippen LogP contribution in [0.15, 0.2) is 88.8 Å². The molecule has 1 atom stereocenters. The van der Waals surface area contributed by atoms with Crippen LogP contribution in [0.25, 0.3) is 16.6 Å². The van der Waals surface area contributed by atoms with E-state index in [-0.39, 0.29) is 24.4 Å². The molecule has 0 saturated carbocycles. The average Bonchev–Trinajstić information content (AvgIpc) is 2.89. The van der Waals surface area contributed by atoms with Gasteiger partial charge in [-0.25, -0.2) is 4.98 Å². The number of amides is 1. The van der Waals surface area contributed by atoms with Gasteiger partial charge in [-0.3, -0.25) is 14.2 Å². The summed E-state index contributed by atoms with van der Waals surface area (Å²) in [4.78, 5) is 33.5. The van der Waals surface area contributed by atoms with Gasteiger partial charge in [-0.2, -0.15) is 5.26 Å². The van der Waals surface area contributed by atoms with Crippen LogP contribution in [0.2, 0.25) is 0 Å². The molecule has 176 valence electrons. The van der Waals surface area contributed by atoms with Crippen LogP contribution in [0.1, 0.15) is 13.3 Å². The number of aromatic nitrogens is 2. The number of thioether (sulfide) groups is 1. The molecule has 1 aromatic heterocycles. The second-order valence-electron chi connectivity index (χ2n) is 7.72. The number of rotatable bonds is 8. The molecule has 3 aromatic carbocycles. The van der Waals surface area contributed by atoms with Crippen molar-refractivity contribution in [3.63, 3.8) is 0 Å². The van der Waals surface area contributed by atoms with E-state index < -0.39 is 5.25 Å². The molecular formula is C27H24N4O3S. The highest BCUT2D eigenvalue weighted by Crippen LogP contribution is 2.30. The first-order chi connectivity index (χ1) is 17.0. The van der Waals surface area contributed by atoms with E-state index in [0.29, 0.717) is 33.2 Å². The summed E-state index contributed by atoms with van der Waals surface area (Å²) in [6, 6.07) is 25.7. The maximum atomic E-state index is 13.6. The fourth-order valence-electron chi connectivity index (χ4n) is 3.78. The van der Waals surface area contributed by atoms with Crippen LogP contribution in [-0.2, 0) is 4.79 Å². The Balaban J connectivity index is 1.78. The van der Waals surface area contributed by atoms with Crippen molar-refractivity contribution in [2.75, 3.05) is 18.6 Å². The average molecular weight is 485 g/mol. The van der Waals surface area contributed by atoms with Crippen LogP contribution in [0, 0.1) is 11.3 Å². The van der Waals surface area contributed by atoms with Crippen LogP contribution < -0.4 is 15.2 Å². The molecule has 8 heteroatoms. The predicted octanol–water partition coefficient (Wildman–Crippen LogP) is 4.82. The minimum atomic E-state index is -0.581. The highest BCUT2D eigenvalue weighted by Gasteiger charge is 2.26. The van der Waals surface area contributed by atoms with E-state index in [1.807, 2.05) is 48.5 Å². The lowest BCUT2D eigenvalue weighted by atomic mass is 10.2. The van der Waals surface area contributed by atoms with Crippen molar-refractivity contribution in [2.45, 2.75) is 23.8 Å². The minimum absolute atomic E-state index is 0.176. The quantitative estimate of drug-likeness (QED) is 0.263. The van der Waals surface area contributed by atoms with Gasteiger partial charge >= 0.3 is 0 Å². The van der Waals surface area contributed by atoms with Gasteiger partial charge in [-0.1, -0.05) is 54.2 Å². The minimum Gasteiger partial charge on any atom is -0.495 e. The van der Waals surface area contributed by atoms with E-state index in [1.165, 1.54) is 16.3 Å². The summed E-state index contributed by atoms with van der Waals surface area (Å²) < 4.78 is 7.01. The maximum absolute atomic E-state index is 13.6. The van der Waals surface area contributed by atoms with Crippen molar-refractivity contribution in [3.05, 3.63) is 89.2 Å². The number of para-hydroxylation sites is 4. The smallest absolute Gasteiger partial charge is 0.266 e. The highest BCUT2D eigenvalue weighted by atomic mass is 32.2. The van der Waals surface area contributed by atoms with E-state index in [1.54, 1.807) is 49.3 Å². The van der Waals surface area contributed by atoms with E-state index in [0.717, 1.165) is 0 Å². The summed E-state index contributed by atoms with van der Waals surface area (Å²) in [7, 11) is 1.55. The first-order valence-corrected chi connectivity index (χ1v) is 12.0. The summed E-state index contributed by atoms with van der Waals surface area (Å²) in [6.45, 7) is 2.05. The largest absolute Gasteiger partial charge is 0.495 e.